The van der Waals surface area contributed by atoms with Gasteiger partial charge >= 0.3 is 10.2 Å². The van der Waals surface area contributed by atoms with Crippen molar-refractivity contribution in [2.24, 2.45) is 5.92 Å². The SMILES string of the molecule is COc1c(NS(=O)(=O)N2CCC(F)C2)ccc(F)c1C(=O)c1c[nH]c2ncc(-c3ccc(N4CCC(C(OC)OC)CC4)cc3)cc12. The zero-order valence-electron chi connectivity index (χ0n) is 26.3. The van der Waals surface area contributed by atoms with Crippen molar-refractivity contribution in [2.75, 3.05) is 57.1 Å². The van der Waals surface area contributed by atoms with Crippen LogP contribution in [0.4, 0.5) is 20.2 Å². The van der Waals surface area contributed by atoms with Crippen LogP contribution in [-0.2, 0) is 19.7 Å². The number of anilines is 2. The molecule has 2 aromatic heterocycles. The highest BCUT2D eigenvalue weighted by Gasteiger charge is 2.33. The van der Waals surface area contributed by atoms with Gasteiger partial charge in [-0.2, -0.15) is 12.7 Å². The number of carbonyl (C=O) groups excluding carboxylic acids is 1. The number of nitrogens with zero attached hydrogens (tertiary/aromatic N) is 3. The smallest absolute Gasteiger partial charge is 0.301 e. The van der Waals surface area contributed by atoms with Crippen molar-refractivity contribution in [2.45, 2.75) is 31.7 Å². The fourth-order valence-corrected chi connectivity index (χ4v) is 7.70. The molecule has 0 aliphatic carbocycles. The molecule has 2 aliphatic rings. The molecule has 2 aliphatic heterocycles. The minimum atomic E-state index is -4.18. The lowest BCUT2D eigenvalue weighted by molar-refractivity contribution is -0.141. The minimum Gasteiger partial charge on any atom is -0.494 e. The molecule has 0 amide bonds. The van der Waals surface area contributed by atoms with E-state index in [-0.39, 0.29) is 42.8 Å². The Morgan fingerprint density at radius 1 is 1.02 bits per heavy atom. The first-order valence-corrected chi connectivity index (χ1v) is 16.8. The number of piperidine rings is 1. The number of nitrogens with one attached hydrogen (secondary N) is 2. The summed E-state index contributed by atoms with van der Waals surface area (Å²) in [7, 11) is 0.368. The molecule has 0 radical (unpaired) electrons. The van der Waals surface area contributed by atoms with Crippen molar-refractivity contribution in [1.82, 2.24) is 14.3 Å². The molecule has 0 bridgehead atoms. The van der Waals surface area contributed by atoms with Crippen molar-refractivity contribution in [1.29, 1.82) is 0 Å². The number of hydrogen-bond donors (Lipinski definition) is 2. The van der Waals surface area contributed by atoms with Gasteiger partial charge in [0.25, 0.3) is 0 Å². The molecule has 1 unspecified atom stereocenters. The Morgan fingerprint density at radius 2 is 1.74 bits per heavy atom. The summed E-state index contributed by atoms with van der Waals surface area (Å²) in [5, 5.41) is 0.461. The number of rotatable bonds is 11. The van der Waals surface area contributed by atoms with Gasteiger partial charge in [0.2, 0.25) is 5.78 Å². The molecule has 6 rings (SSSR count). The van der Waals surface area contributed by atoms with Crippen LogP contribution in [-0.4, -0.2) is 88.4 Å². The van der Waals surface area contributed by atoms with E-state index in [0.717, 1.165) is 53.1 Å². The van der Waals surface area contributed by atoms with E-state index >= 15 is 4.39 Å². The Labute approximate surface area is 272 Å². The zero-order valence-corrected chi connectivity index (χ0v) is 27.1. The third-order valence-electron chi connectivity index (χ3n) is 8.94. The maximum Gasteiger partial charge on any atom is 0.301 e. The number of aromatic amines is 1. The lowest BCUT2D eigenvalue weighted by Gasteiger charge is -2.36. The average molecular weight is 670 g/mol. The Bertz CT molecular complexity index is 1860. The third-order valence-corrected chi connectivity index (χ3v) is 10.4. The number of H-pyrrole nitrogens is 1. The molecule has 1 atom stereocenters. The average Bonchev–Trinajstić information content (AvgIpc) is 3.72. The molecule has 14 heteroatoms. The molecule has 4 aromatic rings. The molecule has 2 fully saturated rings. The second-order valence-corrected chi connectivity index (χ2v) is 13.4. The first-order valence-electron chi connectivity index (χ1n) is 15.3. The second kappa shape index (κ2) is 13.6. The summed E-state index contributed by atoms with van der Waals surface area (Å²) in [6, 6.07) is 12.1. The van der Waals surface area contributed by atoms with E-state index in [0.29, 0.717) is 17.0 Å². The van der Waals surface area contributed by atoms with E-state index in [1.807, 2.05) is 12.1 Å². The van der Waals surface area contributed by atoms with E-state index in [9.17, 15) is 17.6 Å². The lowest BCUT2D eigenvalue weighted by atomic mass is 9.95. The summed E-state index contributed by atoms with van der Waals surface area (Å²) in [5.74, 6) is -1.55. The lowest BCUT2D eigenvalue weighted by Crippen LogP contribution is -2.39. The van der Waals surface area contributed by atoms with E-state index in [1.54, 1.807) is 26.5 Å². The first kappa shape index (κ1) is 32.8. The number of benzene rings is 2. The molecule has 47 heavy (non-hydrogen) atoms. The number of ketones is 1. The van der Waals surface area contributed by atoms with Crippen LogP contribution in [0, 0.1) is 11.7 Å². The number of halogens is 2. The summed E-state index contributed by atoms with van der Waals surface area (Å²) in [6.45, 7) is 1.48. The van der Waals surface area contributed by atoms with Gasteiger partial charge in [-0.1, -0.05) is 12.1 Å². The van der Waals surface area contributed by atoms with Crippen LogP contribution in [0.15, 0.2) is 54.9 Å². The topological polar surface area (TPSA) is 126 Å². The van der Waals surface area contributed by atoms with E-state index in [4.69, 9.17) is 14.2 Å². The van der Waals surface area contributed by atoms with Gasteiger partial charge in [-0.3, -0.25) is 9.52 Å². The second-order valence-electron chi connectivity index (χ2n) is 11.7. The fourth-order valence-electron chi connectivity index (χ4n) is 6.43. The number of fused-ring (bicyclic) bond motifs is 1. The molecule has 2 saturated heterocycles. The molecular weight excluding hydrogens is 632 g/mol. The van der Waals surface area contributed by atoms with Gasteiger partial charge in [0.05, 0.1) is 12.8 Å². The Kier molecular flexibility index (Phi) is 9.46. The van der Waals surface area contributed by atoms with Crippen LogP contribution < -0.4 is 14.4 Å². The van der Waals surface area contributed by atoms with E-state index in [2.05, 4.69) is 31.7 Å². The highest BCUT2D eigenvalue weighted by atomic mass is 32.2. The summed E-state index contributed by atoms with van der Waals surface area (Å²) in [5.41, 5.74) is 2.71. The summed E-state index contributed by atoms with van der Waals surface area (Å²) in [4.78, 5) is 23.7. The van der Waals surface area contributed by atoms with Gasteiger partial charge in [-0.15, -0.1) is 0 Å². The van der Waals surface area contributed by atoms with Crippen LogP contribution in [0.25, 0.3) is 22.2 Å². The number of ether oxygens (including phenoxy) is 3. The number of carbonyl (C=O) groups is 1. The number of pyridine rings is 1. The highest BCUT2D eigenvalue weighted by molar-refractivity contribution is 7.90. The quantitative estimate of drug-likeness (QED) is 0.166. The summed E-state index contributed by atoms with van der Waals surface area (Å²) >= 11 is 0. The fraction of sp³-hybridized carbons (Fsp3) is 0.394. The predicted molar refractivity (Wildman–Crippen MR) is 174 cm³/mol. The molecule has 2 N–H and O–H groups in total. The molecule has 0 spiro atoms. The maximum atomic E-state index is 15.3. The van der Waals surface area contributed by atoms with E-state index < -0.39 is 33.5 Å². The Balaban J connectivity index is 1.25. The number of alkyl halides is 1. The molecule has 0 saturated carbocycles. The van der Waals surface area contributed by atoms with Crippen molar-refractivity contribution in [3.63, 3.8) is 0 Å². The molecule has 4 heterocycles. The highest BCUT2D eigenvalue weighted by Crippen LogP contribution is 2.36. The van der Waals surface area contributed by atoms with Gasteiger partial charge in [-0.25, -0.2) is 13.8 Å². The van der Waals surface area contributed by atoms with Crippen molar-refractivity contribution in [3.8, 4) is 16.9 Å². The molecule has 2 aromatic carbocycles. The van der Waals surface area contributed by atoms with Gasteiger partial charge in [-0.05, 0) is 55.2 Å². The van der Waals surface area contributed by atoms with Crippen LogP contribution >= 0.6 is 0 Å². The minimum absolute atomic E-state index is 0.00200. The van der Waals surface area contributed by atoms with Crippen LogP contribution in [0.5, 0.6) is 5.75 Å². The summed E-state index contributed by atoms with van der Waals surface area (Å²) < 4.78 is 74.4. The van der Waals surface area contributed by atoms with Gasteiger partial charge in [0.1, 0.15) is 23.2 Å². The predicted octanol–water partition coefficient (Wildman–Crippen LogP) is 5.14. The van der Waals surface area contributed by atoms with Crippen molar-refractivity contribution in [3.05, 3.63) is 71.8 Å². The normalized spacial score (nSPS) is 17.9. The summed E-state index contributed by atoms with van der Waals surface area (Å²) in [6.07, 6.45) is 3.65. The standard InChI is InChI=1S/C33H37F2N5O6S/c1-44-31-28(38-47(42,43)40-15-12-23(34)19-40)9-8-27(35)29(31)30(41)26-18-37-32-25(26)16-22(17-36-32)20-4-6-24(7-5-20)39-13-10-21(11-14-39)33(45-2)46-3/h4-9,16-18,21,23,33,38H,10-15,19H2,1-3H3,(H,36,37). The van der Waals surface area contributed by atoms with E-state index in [1.165, 1.54) is 19.4 Å². The Morgan fingerprint density at radius 3 is 2.38 bits per heavy atom. The number of aromatic nitrogens is 2. The van der Waals surface area contributed by atoms with Gasteiger partial charge in [0.15, 0.2) is 12.0 Å². The Hall–Kier alpha value is -4.11. The zero-order chi connectivity index (χ0) is 33.3. The monoisotopic (exact) mass is 669 g/mol. The maximum absolute atomic E-state index is 15.3. The largest absolute Gasteiger partial charge is 0.494 e. The van der Waals surface area contributed by atoms with Crippen LogP contribution in [0.3, 0.4) is 0 Å². The molecule has 250 valence electrons. The van der Waals surface area contributed by atoms with Crippen LogP contribution in [0.1, 0.15) is 35.2 Å². The van der Waals surface area contributed by atoms with Crippen LogP contribution in [0.2, 0.25) is 0 Å². The number of hydrogen-bond acceptors (Lipinski definition) is 8. The first-order chi connectivity index (χ1) is 22.6. The van der Waals surface area contributed by atoms with Gasteiger partial charge < -0.3 is 24.1 Å². The third kappa shape index (κ3) is 6.55. The molecular formula is C33H37F2N5O6S. The number of methoxy groups -OCH3 is 3. The molecule has 11 nitrogen and oxygen atoms in total. The van der Waals surface area contributed by atoms with Gasteiger partial charge in [0, 0.05) is 80.9 Å². The van der Waals surface area contributed by atoms with Crippen molar-refractivity contribution < 1.29 is 36.2 Å². The van der Waals surface area contributed by atoms with Crippen molar-refractivity contribution >= 4 is 38.4 Å².